The molecule has 0 aliphatic carbocycles. The van der Waals surface area contributed by atoms with Crippen molar-refractivity contribution in [2.75, 3.05) is 5.73 Å². The number of fused-ring (bicyclic) bond motifs is 1. The predicted molar refractivity (Wildman–Crippen MR) is 67.3 cm³/mol. The van der Waals surface area contributed by atoms with Gasteiger partial charge in [-0.15, -0.1) is 0 Å². The number of anilines is 1. The maximum Gasteiger partial charge on any atom is 0.254 e. The Kier molecular flexibility index (Phi) is 2.97. The van der Waals surface area contributed by atoms with Gasteiger partial charge >= 0.3 is 0 Å². The summed E-state index contributed by atoms with van der Waals surface area (Å²) in [5.74, 6) is -10.7. The van der Waals surface area contributed by atoms with Gasteiger partial charge in [0, 0.05) is 1.43 Å². The lowest BCUT2D eigenvalue weighted by Crippen LogP contribution is -2.10. The number of hydrogen-bond donors (Lipinski definition) is 1. The second-order valence-corrected chi connectivity index (χ2v) is 4.37. The van der Waals surface area contributed by atoms with Gasteiger partial charge in [-0.05, 0) is 6.92 Å². The normalized spacial score (nSPS) is 11.4. The van der Waals surface area contributed by atoms with E-state index in [9.17, 15) is 22.0 Å². The van der Waals surface area contributed by atoms with Crippen molar-refractivity contribution in [2.24, 2.45) is 0 Å². The van der Waals surface area contributed by atoms with Crippen LogP contribution < -0.4 is 5.73 Å². The van der Waals surface area contributed by atoms with Gasteiger partial charge < -0.3 is 5.73 Å². The number of nitrogens with two attached hydrogens (primary N) is 1. The van der Waals surface area contributed by atoms with Crippen molar-refractivity contribution in [1.29, 1.82) is 0 Å². The molecule has 0 aliphatic rings. The van der Waals surface area contributed by atoms with Gasteiger partial charge in [0.1, 0.15) is 12.1 Å². The van der Waals surface area contributed by atoms with Crippen molar-refractivity contribution < 1.29 is 23.4 Å². The molecule has 10 heteroatoms. The molecule has 0 amide bonds. The highest BCUT2D eigenvalue weighted by Crippen LogP contribution is 2.36. The van der Waals surface area contributed by atoms with E-state index in [2.05, 4.69) is 15.1 Å². The summed E-state index contributed by atoms with van der Waals surface area (Å²) in [4.78, 5) is 7.61. The van der Waals surface area contributed by atoms with Crippen molar-refractivity contribution in [3.63, 3.8) is 0 Å². The Bertz CT molecular complexity index is 897. The molecule has 2 N–H and O–H groups in total. The minimum absolute atomic E-state index is 0. The molecule has 22 heavy (non-hydrogen) atoms. The summed E-state index contributed by atoms with van der Waals surface area (Å²) in [5.41, 5.74) is 4.07. The topological polar surface area (TPSA) is 69.1 Å². The van der Waals surface area contributed by atoms with Crippen molar-refractivity contribution in [3.8, 4) is 11.1 Å². The smallest absolute Gasteiger partial charge is 0.254 e. The molecule has 2 aromatic heterocycles. The van der Waals surface area contributed by atoms with E-state index in [1.54, 1.807) is 0 Å². The highest BCUT2D eigenvalue weighted by Gasteiger charge is 2.29. The number of benzene rings is 1. The Morgan fingerprint density at radius 1 is 0.955 bits per heavy atom. The Morgan fingerprint density at radius 2 is 1.50 bits per heavy atom. The van der Waals surface area contributed by atoms with E-state index in [1.165, 1.54) is 6.92 Å². The molecule has 0 saturated carbocycles. The lowest BCUT2D eigenvalue weighted by atomic mass is 10.0. The van der Waals surface area contributed by atoms with Gasteiger partial charge in [-0.2, -0.15) is 14.6 Å². The molecule has 3 rings (SSSR count). The molecule has 0 radical (unpaired) electrons. The van der Waals surface area contributed by atoms with Gasteiger partial charge in [0.25, 0.3) is 5.78 Å². The van der Waals surface area contributed by atoms with Gasteiger partial charge in [0.15, 0.2) is 23.3 Å². The Morgan fingerprint density at radius 3 is 2.09 bits per heavy atom. The van der Waals surface area contributed by atoms with Gasteiger partial charge in [-0.1, -0.05) is 0 Å². The molecule has 0 spiro atoms. The van der Waals surface area contributed by atoms with Crippen LogP contribution in [0.1, 0.15) is 7.12 Å². The Labute approximate surface area is 120 Å². The number of nitrogens with zero attached hydrogens (tertiary/aromatic N) is 4. The van der Waals surface area contributed by atoms with Gasteiger partial charge in [-0.25, -0.2) is 26.9 Å². The molecule has 1 aromatic carbocycles. The zero-order valence-corrected chi connectivity index (χ0v) is 10.8. The maximum absolute atomic E-state index is 13.9. The predicted octanol–water partition coefficient (Wildman–Crippen LogP) is 2.62. The second-order valence-electron chi connectivity index (χ2n) is 4.37. The van der Waals surface area contributed by atoms with E-state index in [4.69, 9.17) is 5.73 Å². The quantitative estimate of drug-likeness (QED) is 0.425. The van der Waals surface area contributed by atoms with Crippen molar-refractivity contribution in [1.82, 2.24) is 19.6 Å². The average Bonchev–Trinajstić information content (AvgIpc) is 2.95. The van der Waals surface area contributed by atoms with Crippen LogP contribution in [0.5, 0.6) is 0 Å². The first-order chi connectivity index (χ1) is 10.3. The molecule has 0 saturated heterocycles. The van der Waals surface area contributed by atoms with E-state index in [0.29, 0.717) is 0 Å². The molecule has 3 aromatic rings. The Hall–Kier alpha value is -2.78. The van der Waals surface area contributed by atoms with E-state index in [0.717, 1.165) is 10.8 Å². The average molecular weight is 318 g/mol. The molecule has 2 heterocycles. The molecular weight excluding hydrogens is 309 g/mol. The van der Waals surface area contributed by atoms with Gasteiger partial charge in [0.2, 0.25) is 5.82 Å². The molecule has 0 atom stereocenters. The SMILES string of the molecule is Cc1nc2ncnn2c(N)c1-c1c(F)c(F)c(F)c(F)c1F.[2HH]. The van der Waals surface area contributed by atoms with E-state index >= 15 is 0 Å². The third-order valence-electron chi connectivity index (χ3n) is 3.10. The number of aromatic nitrogens is 4. The summed E-state index contributed by atoms with van der Waals surface area (Å²) in [5, 5.41) is 3.68. The monoisotopic (exact) mass is 318 g/mol. The number of rotatable bonds is 1. The van der Waals surface area contributed by atoms with Crippen LogP contribution in [0.2, 0.25) is 0 Å². The lowest BCUT2D eigenvalue weighted by Gasteiger charge is -2.13. The summed E-state index contributed by atoms with van der Waals surface area (Å²) in [6.45, 7) is 1.30. The second kappa shape index (κ2) is 4.61. The van der Waals surface area contributed by atoms with Crippen LogP contribution in [0, 0.1) is 36.0 Å². The molecular formula is C12H8F5N5. The summed E-state index contributed by atoms with van der Waals surface area (Å²) >= 11 is 0. The van der Waals surface area contributed by atoms with Crippen molar-refractivity contribution >= 4 is 11.6 Å². The summed E-state index contributed by atoms with van der Waals surface area (Å²) < 4.78 is 68.6. The minimum Gasteiger partial charge on any atom is -0.383 e. The van der Waals surface area contributed by atoms with E-state index in [1.807, 2.05) is 0 Å². The van der Waals surface area contributed by atoms with Gasteiger partial charge in [0.05, 0.1) is 16.8 Å². The largest absolute Gasteiger partial charge is 0.383 e. The first-order valence-electron chi connectivity index (χ1n) is 5.82. The van der Waals surface area contributed by atoms with Crippen molar-refractivity contribution in [2.45, 2.75) is 6.92 Å². The number of nitrogen functional groups attached to an aromatic ring is 1. The van der Waals surface area contributed by atoms with Crippen molar-refractivity contribution in [3.05, 3.63) is 41.1 Å². The minimum atomic E-state index is -2.25. The number of aryl methyl sites for hydroxylation is 1. The van der Waals surface area contributed by atoms with Gasteiger partial charge in [-0.3, -0.25) is 0 Å². The Balaban J connectivity index is 0.00000192. The molecule has 0 aliphatic heterocycles. The van der Waals surface area contributed by atoms with E-state index < -0.39 is 40.2 Å². The number of hydrogen-bond acceptors (Lipinski definition) is 4. The van der Waals surface area contributed by atoms with Crippen LogP contribution in [0.15, 0.2) is 6.33 Å². The summed E-state index contributed by atoms with van der Waals surface area (Å²) in [6, 6.07) is 0. The summed E-state index contributed by atoms with van der Waals surface area (Å²) in [7, 11) is 0. The van der Waals surface area contributed by atoms with Crippen LogP contribution in [-0.2, 0) is 0 Å². The molecule has 0 unspecified atom stereocenters. The molecule has 0 fully saturated rings. The zero-order chi connectivity index (χ0) is 16.2. The summed E-state index contributed by atoms with van der Waals surface area (Å²) in [6.07, 6.45) is 1.08. The fourth-order valence-electron chi connectivity index (χ4n) is 2.11. The fraction of sp³-hybridized carbons (Fsp3) is 0.0833. The third kappa shape index (κ3) is 1.73. The number of halogens is 5. The van der Waals surface area contributed by atoms with Crippen LogP contribution in [0.4, 0.5) is 27.8 Å². The molecule has 0 bridgehead atoms. The van der Waals surface area contributed by atoms with Crippen LogP contribution in [0.3, 0.4) is 0 Å². The van der Waals surface area contributed by atoms with Crippen LogP contribution in [0.25, 0.3) is 16.9 Å². The third-order valence-corrected chi connectivity index (χ3v) is 3.10. The molecule has 5 nitrogen and oxygen atoms in total. The first kappa shape index (κ1) is 14.2. The highest BCUT2D eigenvalue weighted by molar-refractivity contribution is 5.78. The lowest BCUT2D eigenvalue weighted by molar-refractivity contribution is 0.381. The maximum atomic E-state index is 13.9. The molecule has 116 valence electrons. The van der Waals surface area contributed by atoms with Crippen LogP contribution >= 0.6 is 0 Å². The van der Waals surface area contributed by atoms with Crippen LogP contribution in [-0.4, -0.2) is 19.6 Å². The van der Waals surface area contributed by atoms with E-state index in [-0.39, 0.29) is 18.7 Å². The highest BCUT2D eigenvalue weighted by atomic mass is 19.2. The first-order valence-corrected chi connectivity index (χ1v) is 5.82. The fourth-order valence-corrected chi connectivity index (χ4v) is 2.11. The standard InChI is InChI=1S/C12H6F5N5.H2/c1-3-4(11(18)22-12(21-3)19-2-20-22)5-6(13)8(15)10(17)9(16)7(5)14;/h2H,18H2,1H3;1H/i;1+1. The zero-order valence-electron chi connectivity index (χ0n) is 10.8.